The third-order valence-electron chi connectivity index (χ3n) is 1.91. The number of amides is 2. The molecule has 14 heavy (non-hydrogen) atoms. The van der Waals surface area contributed by atoms with E-state index in [0.717, 1.165) is 0 Å². The van der Waals surface area contributed by atoms with Gasteiger partial charge in [-0.3, -0.25) is 4.79 Å². The highest BCUT2D eigenvalue weighted by Gasteiger charge is 2.26. The molecule has 82 valence electrons. The summed E-state index contributed by atoms with van der Waals surface area (Å²) in [5, 5.41) is 11.1. The predicted octanol–water partition coefficient (Wildman–Crippen LogP) is -0.373. The van der Waals surface area contributed by atoms with Crippen LogP contribution in [0.2, 0.25) is 0 Å². The molecule has 0 saturated carbocycles. The summed E-state index contributed by atoms with van der Waals surface area (Å²) in [6, 6.07) is -0.571. The van der Waals surface area contributed by atoms with Crippen molar-refractivity contribution in [1.82, 2.24) is 5.32 Å². The minimum Gasteiger partial charge on any atom is -0.480 e. The average molecular weight is 203 g/mol. The maximum Gasteiger partial charge on any atom is 0.323 e. The Bertz CT molecular complexity index is 216. The molecule has 1 unspecified atom stereocenters. The molecular formula is C8H17N3O3. The quantitative estimate of drug-likeness (QED) is 0.440. The van der Waals surface area contributed by atoms with Gasteiger partial charge in [0.2, 0.25) is 0 Å². The second kappa shape index (κ2) is 5.43. The summed E-state index contributed by atoms with van der Waals surface area (Å²) in [6.45, 7) is 1.92. The summed E-state index contributed by atoms with van der Waals surface area (Å²) in [6.07, 6.45) is 1.69. The molecule has 6 N–H and O–H groups in total. The molecule has 0 saturated heterocycles. The highest BCUT2D eigenvalue weighted by Crippen LogP contribution is 2.10. The first-order chi connectivity index (χ1) is 6.36. The smallest absolute Gasteiger partial charge is 0.323 e. The van der Waals surface area contributed by atoms with Crippen molar-refractivity contribution < 1.29 is 14.7 Å². The van der Waals surface area contributed by atoms with Crippen LogP contribution in [0.4, 0.5) is 4.79 Å². The molecule has 0 radical (unpaired) electrons. The summed E-state index contributed by atoms with van der Waals surface area (Å²) in [4.78, 5) is 20.8. The summed E-state index contributed by atoms with van der Waals surface area (Å²) in [5.41, 5.74) is 9.14. The minimum absolute atomic E-state index is 0.378. The fraction of sp³-hybridized carbons (Fsp3) is 0.750. The molecule has 6 nitrogen and oxygen atoms in total. The van der Waals surface area contributed by atoms with Crippen LogP contribution in [-0.2, 0) is 4.79 Å². The zero-order valence-corrected chi connectivity index (χ0v) is 8.25. The first-order valence-corrected chi connectivity index (χ1v) is 4.42. The summed E-state index contributed by atoms with van der Waals surface area (Å²) < 4.78 is 0. The van der Waals surface area contributed by atoms with E-state index in [1.54, 1.807) is 0 Å². The number of carboxylic acids is 1. The predicted molar refractivity (Wildman–Crippen MR) is 51.7 cm³/mol. The lowest BCUT2D eigenvalue weighted by Gasteiger charge is -2.18. The van der Waals surface area contributed by atoms with Gasteiger partial charge in [0.1, 0.15) is 5.54 Å². The number of carbonyl (C=O) groups is 2. The van der Waals surface area contributed by atoms with Gasteiger partial charge in [0.15, 0.2) is 0 Å². The van der Waals surface area contributed by atoms with Crippen molar-refractivity contribution in [2.45, 2.75) is 31.7 Å². The number of carboxylic acid groups (broad SMARTS) is 1. The molecular weight excluding hydrogens is 186 g/mol. The first-order valence-electron chi connectivity index (χ1n) is 4.42. The molecule has 0 bridgehead atoms. The van der Waals surface area contributed by atoms with Gasteiger partial charge in [-0.1, -0.05) is 0 Å². The van der Waals surface area contributed by atoms with Crippen LogP contribution >= 0.6 is 0 Å². The lowest BCUT2D eigenvalue weighted by molar-refractivity contribution is -0.142. The number of nitrogens with one attached hydrogen (secondary N) is 1. The van der Waals surface area contributed by atoms with Gasteiger partial charge in [-0.2, -0.15) is 0 Å². The van der Waals surface area contributed by atoms with Crippen molar-refractivity contribution in [2.75, 3.05) is 6.54 Å². The first kappa shape index (κ1) is 12.7. The summed E-state index contributed by atoms with van der Waals surface area (Å²) in [7, 11) is 0. The van der Waals surface area contributed by atoms with E-state index in [2.05, 4.69) is 5.32 Å². The molecule has 0 aromatic rings. The van der Waals surface area contributed by atoms with E-state index in [9.17, 15) is 9.59 Å². The van der Waals surface area contributed by atoms with Gasteiger partial charge in [-0.25, -0.2) is 4.79 Å². The second-order valence-electron chi connectivity index (χ2n) is 3.47. The number of carbonyl (C=O) groups excluding carboxylic acids is 1. The number of hydrogen-bond acceptors (Lipinski definition) is 3. The number of urea groups is 1. The van der Waals surface area contributed by atoms with E-state index >= 15 is 0 Å². The van der Waals surface area contributed by atoms with Crippen LogP contribution in [0.5, 0.6) is 0 Å². The maximum atomic E-state index is 10.6. The fourth-order valence-electron chi connectivity index (χ4n) is 0.936. The van der Waals surface area contributed by atoms with Gasteiger partial charge in [-0.15, -0.1) is 0 Å². The summed E-state index contributed by atoms with van der Waals surface area (Å²) >= 11 is 0. The van der Waals surface area contributed by atoms with Crippen molar-refractivity contribution in [3.63, 3.8) is 0 Å². The summed E-state index contributed by atoms with van der Waals surface area (Å²) in [5.74, 6) is -1.01. The van der Waals surface area contributed by atoms with E-state index in [1.165, 1.54) is 6.92 Å². The van der Waals surface area contributed by atoms with E-state index in [4.69, 9.17) is 16.6 Å². The van der Waals surface area contributed by atoms with Gasteiger partial charge in [0.25, 0.3) is 0 Å². The number of unbranched alkanes of at least 4 members (excludes halogenated alkanes) is 1. The Balaban J connectivity index is 3.54. The van der Waals surface area contributed by atoms with Crippen molar-refractivity contribution in [3.05, 3.63) is 0 Å². The SMILES string of the molecule is CC(N)(CCCCNC(N)=O)C(=O)O. The van der Waals surface area contributed by atoms with Crippen LogP contribution < -0.4 is 16.8 Å². The van der Waals surface area contributed by atoms with Crippen molar-refractivity contribution in [1.29, 1.82) is 0 Å². The molecule has 0 spiro atoms. The number of aliphatic carboxylic acids is 1. The number of rotatable bonds is 6. The number of hydrogen-bond donors (Lipinski definition) is 4. The van der Waals surface area contributed by atoms with Crippen LogP contribution in [0.1, 0.15) is 26.2 Å². The Kier molecular flexibility index (Phi) is 4.93. The molecule has 0 aliphatic heterocycles. The van der Waals surface area contributed by atoms with Crippen LogP contribution in [0.3, 0.4) is 0 Å². The normalized spacial score (nSPS) is 14.4. The Morgan fingerprint density at radius 2 is 2.00 bits per heavy atom. The van der Waals surface area contributed by atoms with Crippen LogP contribution in [0.15, 0.2) is 0 Å². The lowest BCUT2D eigenvalue weighted by atomic mass is 9.96. The fourth-order valence-corrected chi connectivity index (χ4v) is 0.936. The Morgan fingerprint density at radius 1 is 1.43 bits per heavy atom. The Hall–Kier alpha value is -1.30. The van der Waals surface area contributed by atoms with Crippen LogP contribution in [0, 0.1) is 0 Å². The van der Waals surface area contributed by atoms with Gasteiger partial charge in [-0.05, 0) is 26.2 Å². The van der Waals surface area contributed by atoms with Crippen molar-refractivity contribution in [3.8, 4) is 0 Å². The van der Waals surface area contributed by atoms with Gasteiger partial charge in [0.05, 0.1) is 0 Å². The molecule has 0 fully saturated rings. The van der Waals surface area contributed by atoms with Crippen LogP contribution in [-0.4, -0.2) is 29.2 Å². The van der Waals surface area contributed by atoms with Gasteiger partial charge >= 0.3 is 12.0 Å². The molecule has 0 aromatic carbocycles. The number of nitrogens with two attached hydrogens (primary N) is 2. The van der Waals surface area contributed by atoms with E-state index in [0.29, 0.717) is 25.8 Å². The molecule has 0 rings (SSSR count). The van der Waals surface area contributed by atoms with Crippen LogP contribution in [0.25, 0.3) is 0 Å². The molecule has 0 aliphatic rings. The van der Waals surface area contributed by atoms with E-state index in [1.807, 2.05) is 0 Å². The van der Waals surface area contributed by atoms with Gasteiger partial charge in [0, 0.05) is 6.54 Å². The minimum atomic E-state index is -1.19. The highest BCUT2D eigenvalue weighted by atomic mass is 16.4. The largest absolute Gasteiger partial charge is 0.480 e. The number of primary amides is 1. The molecule has 6 heteroatoms. The molecule has 0 aliphatic carbocycles. The van der Waals surface area contributed by atoms with Crippen molar-refractivity contribution in [2.24, 2.45) is 11.5 Å². The zero-order chi connectivity index (χ0) is 11.2. The Morgan fingerprint density at radius 3 is 2.43 bits per heavy atom. The molecule has 2 amide bonds. The van der Waals surface area contributed by atoms with E-state index in [-0.39, 0.29) is 0 Å². The van der Waals surface area contributed by atoms with Crippen molar-refractivity contribution >= 4 is 12.0 Å². The Labute approximate surface area is 82.6 Å². The molecule has 0 heterocycles. The second-order valence-corrected chi connectivity index (χ2v) is 3.47. The van der Waals surface area contributed by atoms with E-state index < -0.39 is 17.5 Å². The zero-order valence-electron chi connectivity index (χ0n) is 8.25. The monoisotopic (exact) mass is 203 g/mol. The third-order valence-corrected chi connectivity index (χ3v) is 1.91. The molecule has 0 aromatic heterocycles. The standard InChI is InChI=1S/C8H17N3O3/c1-8(10,6(12)13)4-2-3-5-11-7(9)14/h2-5,10H2,1H3,(H,12,13)(H3,9,11,14). The maximum absolute atomic E-state index is 10.6. The topological polar surface area (TPSA) is 118 Å². The third kappa shape index (κ3) is 5.36. The highest BCUT2D eigenvalue weighted by molar-refractivity contribution is 5.77. The molecule has 1 atom stereocenters. The average Bonchev–Trinajstić information content (AvgIpc) is 2.02. The van der Waals surface area contributed by atoms with Gasteiger partial charge < -0.3 is 21.9 Å². The lowest BCUT2D eigenvalue weighted by Crippen LogP contribution is -2.44.